The van der Waals surface area contributed by atoms with Gasteiger partial charge in [0.2, 0.25) is 5.91 Å². The molecule has 1 amide bonds. The first kappa shape index (κ1) is 13.9. The molecule has 0 aliphatic carbocycles. The Kier molecular flexibility index (Phi) is 4.09. The Hall–Kier alpha value is -1.56. The van der Waals surface area contributed by atoms with Gasteiger partial charge in [0.05, 0.1) is 0 Å². The van der Waals surface area contributed by atoms with Gasteiger partial charge in [-0.15, -0.1) is 11.3 Å². The monoisotopic (exact) mass is 281 g/mol. The molecule has 1 aliphatic heterocycles. The van der Waals surface area contributed by atoms with Gasteiger partial charge in [0.25, 0.3) is 0 Å². The largest absolute Gasteiger partial charge is 0.409 e. The summed E-state index contributed by atoms with van der Waals surface area (Å²) in [6, 6.07) is 2.06. The minimum absolute atomic E-state index is 0.00360. The number of amides is 1. The van der Waals surface area contributed by atoms with Crippen LogP contribution < -0.4 is 5.73 Å². The fourth-order valence-corrected chi connectivity index (χ4v) is 3.34. The highest BCUT2D eigenvalue weighted by Gasteiger charge is 2.32. The van der Waals surface area contributed by atoms with E-state index in [2.05, 4.69) is 16.6 Å². The first-order valence-corrected chi connectivity index (χ1v) is 7.24. The number of nitrogens with two attached hydrogens (primary N) is 1. The third-order valence-electron chi connectivity index (χ3n) is 3.49. The van der Waals surface area contributed by atoms with Gasteiger partial charge in [-0.05, 0) is 29.3 Å². The fourth-order valence-electron chi connectivity index (χ4n) is 2.45. The lowest BCUT2D eigenvalue weighted by molar-refractivity contribution is -0.135. The van der Waals surface area contributed by atoms with Crippen molar-refractivity contribution in [3.05, 3.63) is 21.9 Å². The molecule has 1 unspecified atom stereocenters. The molecule has 1 aromatic rings. The molecule has 2 heterocycles. The Morgan fingerprint density at radius 2 is 2.32 bits per heavy atom. The van der Waals surface area contributed by atoms with Crippen LogP contribution in [0.4, 0.5) is 0 Å². The van der Waals surface area contributed by atoms with Crippen LogP contribution >= 0.6 is 11.3 Å². The van der Waals surface area contributed by atoms with Crippen LogP contribution in [0.3, 0.4) is 0 Å². The van der Waals surface area contributed by atoms with E-state index in [4.69, 9.17) is 10.9 Å². The highest BCUT2D eigenvalue weighted by molar-refractivity contribution is 7.10. The Balaban J connectivity index is 2.16. The molecule has 0 bridgehead atoms. The van der Waals surface area contributed by atoms with Crippen molar-refractivity contribution in [2.75, 3.05) is 6.54 Å². The molecule has 0 saturated heterocycles. The van der Waals surface area contributed by atoms with Crippen LogP contribution in [0, 0.1) is 11.8 Å². The quantitative estimate of drug-likeness (QED) is 0.383. The first-order chi connectivity index (χ1) is 9.04. The number of nitrogens with zero attached hydrogens (tertiary/aromatic N) is 2. The maximum atomic E-state index is 12.5. The number of amidine groups is 1. The van der Waals surface area contributed by atoms with E-state index in [0.29, 0.717) is 13.1 Å². The van der Waals surface area contributed by atoms with Crippen molar-refractivity contribution in [3.63, 3.8) is 0 Å². The van der Waals surface area contributed by atoms with E-state index in [9.17, 15) is 4.79 Å². The molecule has 0 spiro atoms. The van der Waals surface area contributed by atoms with E-state index >= 15 is 0 Å². The van der Waals surface area contributed by atoms with Crippen LogP contribution in [0.5, 0.6) is 0 Å². The summed E-state index contributed by atoms with van der Waals surface area (Å²) in [5.41, 5.74) is 6.87. The second-order valence-corrected chi connectivity index (χ2v) is 6.13. The molecule has 104 valence electrons. The number of thiophene rings is 1. The third-order valence-corrected chi connectivity index (χ3v) is 4.51. The Labute approximate surface area is 116 Å². The van der Waals surface area contributed by atoms with Crippen LogP contribution in [0.2, 0.25) is 0 Å². The maximum Gasteiger partial charge on any atom is 0.233 e. The minimum Gasteiger partial charge on any atom is -0.409 e. The van der Waals surface area contributed by atoms with Crippen molar-refractivity contribution in [1.82, 2.24) is 4.90 Å². The van der Waals surface area contributed by atoms with Gasteiger partial charge >= 0.3 is 0 Å². The molecule has 19 heavy (non-hydrogen) atoms. The highest BCUT2D eigenvalue weighted by Crippen LogP contribution is 2.26. The van der Waals surface area contributed by atoms with Crippen molar-refractivity contribution < 1.29 is 10.0 Å². The summed E-state index contributed by atoms with van der Waals surface area (Å²) in [7, 11) is 0. The van der Waals surface area contributed by atoms with Gasteiger partial charge in [0, 0.05) is 18.0 Å². The molecular weight excluding hydrogens is 262 g/mol. The van der Waals surface area contributed by atoms with Gasteiger partial charge in [0.15, 0.2) is 5.84 Å². The Morgan fingerprint density at radius 1 is 1.58 bits per heavy atom. The molecule has 0 saturated carbocycles. The van der Waals surface area contributed by atoms with Crippen LogP contribution in [-0.4, -0.2) is 28.4 Å². The smallest absolute Gasteiger partial charge is 0.233 e. The van der Waals surface area contributed by atoms with Crippen LogP contribution in [0.25, 0.3) is 0 Å². The highest BCUT2D eigenvalue weighted by atomic mass is 32.1. The molecule has 0 radical (unpaired) electrons. The molecule has 6 heteroatoms. The lowest BCUT2D eigenvalue weighted by Gasteiger charge is -2.31. The average molecular weight is 281 g/mol. The first-order valence-electron chi connectivity index (χ1n) is 6.36. The molecule has 1 aliphatic rings. The number of fused-ring (bicyclic) bond motifs is 1. The topological polar surface area (TPSA) is 78.9 Å². The number of carbonyl (C=O) groups is 1. The van der Waals surface area contributed by atoms with Crippen molar-refractivity contribution >= 4 is 23.1 Å². The Bertz CT molecular complexity index is 496. The molecule has 0 fully saturated rings. The number of oxime groups is 1. The van der Waals surface area contributed by atoms with Gasteiger partial charge in [-0.3, -0.25) is 4.79 Å². The fraction of sp³-hybridized carbons (Fsp3) is 0.538. The van der Waals surface area contributed by atoms with E-state index in [0.717, 1.165) is 6.42 Å². The molecule has 5 nitrogen and oxygen atoms in total. The zero-order chi connectivity index (χ0) is 14.0. The lowest BCUT2D eigenvalue weighted by Crippen LogP contribution is -2.45. The number of rotatable bonds is 3. The lowest BCUT2D eigenvalue weighted by atomic mass is 9.92. The summed E-state index contributed by atoms with van der Waals surface area (Å²) in [6.07, 6.45) is 0.889. The predicted octanol–water partition coefficient (Wildman–Crippen LogP) is 1.65. The molecule has 0 aromatic carbocycles. The van der Waals surface area contributed by atoms with E-state index in [1.165, 1.54) is 10.4 Å². The minimum atomic E-state index is -0.551. The van der Waals surface area contributed by atoms with Crippen molar-refractivity contribution in [1.29, 1.82) is 0 Å². The predicted molar refractivity (Wildman–Crippen MR) is 75.2 cm³/mol. The molecular formula is C13H19N3O2S. The van der Waals surface area contributed by atoms with Gasteiger partial charge in [-0.1, -0.05) is 19.0 Å². The molecule has 2 rings (SSSR count). The zero-order valence-electron chi connectivity index (χ0n) is 11.2. The van der Waals surface area contributed by atoms with E-state index in [1.54, 1.807) is 16.2 Å². The third kappa shape index (κ3) is 2.73. The van der Waals surface area contributed by atoms with E-state index in [-0.39, 0.29) is 17.7 Å². The van der Waals surface area contributed by atoms with Gasteiger partial charge in [0.1, 0.15) is 5.92 Å². The molecule has 1 aromatic heterocycles. The van der Waals surface area contributed by atoms with E-state index < -0.39 is 5.92 Å². The van der Waals surface area contributed by atoms with Crippen molar-refractivity contribution in [2.45, 2.75) is 26.8 Å². The average Bonchev–Trinajstić information content (AvgIpc) is 2.85. The van der Waals surface area contributed by atoms with Gasteiger partial charge in [-0.25, -0.2) is 0 Å². The SMILES string of the molecule is CC(C)C(C(=O)N1CCc2sccc2C1)C(N)=NO. The molecule has 3 N–H and O–H groups in total. The van der Waals surface area contributed by atoms with Crippen LogP contribution in [0.15, 0.2) is 16.6 Å². The number of hydrogen-bond acceptors (Lipinski definition) is 4. The van der Waals surface area contributed by atoms with Crippen LogP contribution in [-0.2, 0) is 17.8 Å². The van der Waals surface area contributed by atoms with Gasteiger partial charge < -0.3 is 15.8 Å². The van der Waals surface area contributed by atoms with Crippen molar-refractivity contribution in [3.8, 4) is 0 Å². The summed E-state index contributed by atoms with van der Waals surface area (Å²) in [5, 5.41) is 13.9. The van der Waals surface area contributed by atoms with Crippen LogP contribution in [0.1, 0.15) is 24.3 Å². The van der Waals surface area contributed by atoms with E-state index in [1.807, 2.05) is 13.8 Å². The maximum absolute atomic E-state index is 12.5. The Morgan fingerprint density at radius 3 is 2.95 bits per heavy atom. The summed E-state index contributed by atoms with van der Waals surface area (Å²) in [4.78, 5) is 15.7. The summed E-state index contributed by atoms with van der Waals surface area (Å²) >= 11 is 1.74. The normalized spacial score (nSPS) is 17.4. The van der Waals surface area contributed by atoms with Crippen molar-refractivity contribution in [2.24, 2.45) is 22.7 Å². The standard InChI is InChI=1S/C13H19N3O2S/c1-8(2)11(12(14)15-18)13(17)16-5-3-10-9(7-16)4-6-19-10/h4,6,8,11,18H,3,5,7H2,1-2H3,(H2,14,15). The summed E-state index contributed by atoms with van der Waals surface area (Å²) in [6.45, 7) is 5.13. The number of carbonyl (C=O) groups excluding carboxylic acids is 1. The zero-order valence-corrected chi connectivity index (χ0v) is 12.0. The second-order valence-electron chi connectivity index (χ2n) is 5.13. The number of hydrogen-bond donors (Lipinski definition) is 2. The second kappa shape index (κ2) is 5.61. The van der Waals surface area contributed by atoms with Gasteiger partial charge in [-0.2, -0.15) is 0 Å². The summed E-state index contributed by atoms with van der Waals surface area (Å²) < 4.78 is 0. The summed E-state index contributed by atoms with van der Waals surface area (Å²) in [5.74, 6) is -0.601. The molecule has 1 atom stereocenters.